The number of carboxylic acid groups (broad SMARTS) is 1. The first-order valence-electron chi connectivity index (χ1n) is 6.07. The molecular weight excluding hydrogens is 207 g/mol. The third-order valence-corrected chi connectivity index (χ3v) is 3.82. The molecule has 0 amide bonds. The van der Waals surface area contributed by atoms with E-state index in [1.807, 2.05) is 0 Å². The van der Waals surface area contributed by atoms with E-state index in [2.05, 4.69) is 13.5 Å². The molecular formula is C13H21FO2. The number of aliphatic carboxylic acids is 1. The van der Waals surface area contributed by atoms with Crippen LogP contribution < -0.4 is 0 Å². The minimum absolute atomic E-state index is 0.110. The molecule has 1 N–H and O–H groups in total. The normalized spacial score (nSPS) is 30.0. The molecule has 0 atom stereocenters. The molecule has 1 rings (SSSR count). The van der Waals surface area contributed by atoms with Gasteiger partial charge < -0.3 is 5.11 Å². The number of halogens is 1. The maximum absolute atomic E-state index is 13.5. The summed E-state index contributed by atoms with van der Waals surface area (Å²) in [7, 11) is 0. The highest BCUT2D eigenvalue weighted by Crippen LogP contribution is 2.47. The number of carboxylic acids is 1. The van der Waals surface area contributed by atoms with Gasteiger partial charge in [0.15, 0.2) is 0 Å². The molecule has 1 aliphatic rings. The third-order valence-electron chi connectivity index (χ3n) is 3.82. The summed E-state index contributed by atoms with van der Waals surface area (Å²) in [5.41, 5.74) is -0.782. The average Bonchev–Trinajstić information content (AvgIpc) is 2.20. The lowest BCUT2D eigenvalue weighted by Crippen LogP contribution is -2.30. The number of carbonyl (C=O) groups is 1. The second kappa shape index (κ2) is 5.46. The molecule has 0 aromatic rings. The van der Waals surface area contributed by atoms with E-state index >= 15 is 0 Å². The lowest BCUT2D eigenvalue weighted by molar-refractivity contribution is -0.140. The van der Waals surface area contributed by atoms with E-state index in [1.54, 1.807) is 0 Å². The molecule has 0 aliphatic heterocycles. The highest BCUT2D eigenvalue weighted by molar-refractivity contribution is 5.68. The maximum atomic E-state index is 13.5. The summed E-state index contributed by atoms with van der Waals surface area (Å²) in [4.78, 5) is 10.8. The first kappa shape index (κ1) is 13.2. The summed E-state index contributed by atoms with van der Waals surface area (Å²) in [5, 5.41) is 8.84. The van der Waals surface area contributed by atoms with Gasteiger partial charge >= 0.3 is 5.97 Å². The third kappa shape index (κ3) is 3.06. The first-order valence-corrected chi connectivity index (χ1v) is 6.07. The van der Waals surface area contributed by atoms with Gasteiger partial charge in [-0.25, -0.2) is 4.39 Å². The fourth-order valence-corrected chi connectivity index (χ4v) is 2.76. The van der Waals surface area contributed by atoms with Crippen LogP contribution in [-0.4, -0.2) is 11.1 Å². The van der Waals surface area contributed by atoms with Crippen molar-refractivity contribution in [1.29, 1.82) is 0 Å². The van der Waals surface area contributed by atoms with E-state index in [0.29, 0.717) is 18.8 Å². The van der Waals surface area contributed by atoms with Crippen molar-refractivity contribution in [3.05, 3.63) is 12.4 Å². The fourth-order valence-electron chi connectivity index (χ4n) is 2.76. The van der Waals surface area contributed by atoms with Gasteiger partial charge in [0.05, 0.1) is 12.2 Å². The Morgan fingerprint density at radius 3 is 2.44 bits per heavy atom. The SMILES string of the molecule is C=C(F)C1(CC(=O)O)CCC(CCC)CC1. The number of hydrogen-bond donors (Lipinski definition) is 1. The molecule has 92 valence electrons. The van der Waals surface area contributed by atoms with E-state index in [0.717, 1.165) is 19.3 Å². The molecule has 0 radical (unpaired) electrons. The standard InChI is InChI=1S/C13H21FO2/c1-3-4-11-5-7-13(8-6-11,10(2)14)9-12(15)16/h11H,2-9H2,1H3,(H,15,16). The Morgan fingerprint density at radius 2 is 2.06 bits per heavy atom. The highest BCUT2D eigenvalue weighted by atomic mass is 19.1. The van der Waals surface area contributed by atoms with Crippen LogP contribution in [0.5, 0.6) is 0 Å². The Morgan fingerprint density at radius 1 is 1.50 bits per heavy atom. The maximum Gasteiger partial charge on any atom is 0.304 e. The quantitative estimate of drug-likeness (QED) is 0.774. The van der Waals surface area contributed by atoms with Crippen molar-refractivity contribution in [2.45, 2.75) is 51.9 Å². The molecule has 2 nitrogen and oxygen atoms in total. The van der Waals surface area contributed by atoms with Crippen LogP contribution in [-0.2, 0) is 4.79 Å². The minimum Gasteiger partial charge on any atom is -0.481 e. The Bertz CT molecular complexity index is 265. The fraction of sp³-hybridized carbons (Fsp3) is 0.769. The molecule has 0 heterocycles. The van der Waals surface area contributed by atoms with E-state index in [-0.39, 0.29) is 6.42 Å². The lowest BCUT2D eigenvalue weighted by Gasteiger charge is -2.38. The van der Waals surface area contributed by atoms with Crippen molar-refractivity contribution in [2.75, 3.05) is 0 Å². The molecule has 3 heteroatoms. The summed E-state index contributed by atoms with van der Waals surface area (Å²) >= 11 is 0. The highest BCUT2D eigenvalue weighted by Gasteiger charge is 2.39. The second-order valence-electron chi connectivity index (χ2n) is 4.99. The second-order valence-corrected chi connectivity index (χ2v) is 4.99. The zero-order valence-corrected chi connectivity index (χ0v) is 9.97. The summed E-state index contributed by atoms with van der Waals surface area (Å²) < 4.78 is 13.5. The van der Waals surface area contributed by atoms with E-state index in [9.17, 15) is 9.18 Å². The first-order chi connectivity index (χ1) is 7.50. The summed E-state index contributed by atoms with van der Waals surface area (Å²) in [5.74, 6) is -0.719. The van der Waals surface area contributed by atoms with Crippen molar-refractivity contribution >= 4 is 5.97 Å². The predicted molar refractivity (Wildman–Crippen MR) is 61.8 cm³/mol. The van der Waals surface area contributed by atoms with Gasteiger partial charge in [-0.05, 0) is 31.6 Å². The average molecular weight is 228 g/mol. The van der Waals surface area contributed by atoms with E-state index < -0.39 is 17.2 Å². The van der Waals surface area contributed by atoms with Crippen molar-refractivity contribution < 1.29 is 14.3 Å². The van der Waals surface area contributed by atoms with Crippen molar-refractivity contribution in [3.63, 3.8) is 0 Å². The molecule has 0 bridgehead atoms. The zero-order chi connectivity index (χ0) is 12.2. The van der Waals surface area contributed by atoms with Crippen LogP contribution in [0.15, 0.2) is 12.4 Å². The van der Waals surface area contributed by atoms with Gasteiger partial charge in [-0.2, -0.15) is 0 Å². The van der Waals surface area contributed by atoms with Crippen LogP contribution in [0, 0.1) is 11.3 Å². The topological polar surface area (TPSA) is 37.3 Å². The number of hydrogen-bond acceptors (Lipinski definition) is 1. The smallest absolute Gasteiger partial charge is 0.304 e. The largest absolute Gasteiger partial charge is 0.481 e. The summed E-state index contributed by atoms with van der Waals surface area (Å²) in [6.45, 7) is 5.49. The Kier molecular flexibility index (Phi) is 4.51. The van der Waals surface area contributed by atoms with Crippen molar-refractivity contribution in [3.8, 4) is 0 Å². The van der Waals surface area contributed by atoms with Gasteiger partial charge in [0, 0.05) is 5.41 Å². The van der Waals surface area contributed by atoms with Crippen LogP contribution in [0.1, 0.15) is 51.9 Å². The minimum atomic E-state index is -0.923. The van der Waals surface area contributed by atoms with Gasteiger partial charge in [0.1, 0.15) is 0 Å². The van der Waals surface area contributed by atoms with Crippen LogP contribution in [0.2, 0.25) is 0 Å². The molecule has 0 aromatic carbocycles. The molecule has 16 heavy (non-hydrogen) atoms. The molecule has 0 saturated heterocycles. The van der Waals surface area contributed by atoms with Gasteiger partial charge in [-0.1, -0.05) is 26.3 Å². The molecule has 0 aromatic heterocycles. The Hall–Kier alpha value is -0.860. The van der Waals surface area contributed by atoms with Crippen LogP contribution >= 0.6 is 0 Å². The molecule has 1 saturated carbocycles. The van der Waals surface area contributed by atoms with Gasteiger partial charge in [-0.3, -0.25) is 4.79 Å². The van der Waals surface area contributed by atoms with Crippen LogP contribution in [0.25, 0.3) is 0 Å². The van der Waals surface area contributed by atoms with Gasteiger partial charge in [0.25, 0.3) is 0 Å². The van der Waals surface area contributed by atoms with Crippen LogP contribution in [0.3, 0.4) is 0 Å². The van der Waals surface area contributed by atoms with E-state index in [4.69, 9.17) is 5.11 Å². The lowest BCUT2D eigenvalue weighted by atomic mass is 9.67. The predicted octanol–water partition coefficient (Wildman–Crippen LogP) is 3.92. The Balaban J connectivity index is 2.62. The molecule has 1 aliphatic carbocycles. The molecule has 0 spiro atoms. The van der Waals surface area contributed by atoms with E-state index in [1.165, 1.54) is 6.42 Å². The van der Waals surface area contributed by atoms with Crippen molar-refractivity contribution in [1.82, 2.24) is 0 Å². The van der Waals surface area contributed by atoms with Crippen molar-refractivity contribution in [2.24, 2.45) is 11.3 Å². The van der Waals surface area contributed by atoms with Gasteiger partial charge in [0.2, 0.25) is 0 Å². The Labute approximate surface area is 96.5 Å². The van der Waals surface area contributed by atoms with Gasteiger partial charge in [-0.15, -0.1) is 0 Å². The zero-order valence-electron chi connectivity index (χ0n) is 9.97. The van der Waals surface area contributed by atoms with Crippen LogP contribution in [0.4, 0.5) is 4.39 Å². The summed E-state index contributed by atoms with van der Waals surface area (Å²) in [6.07, 6.45) is 5.35. The monoisotopic (exact) mass is 228 g/mol. The number of rotatable bonds is 5. The molecule has 0 unspecified atom stereocenters. The summed E-state index contributed by atoms with van der Waals surface area (Å²) in [6, 6.07) is 0. The molecule has 1 fully saturated rings. The number of allylic oxidation sites excluding steroid dienone is 1.